The fourth-order valence-corrected chi connectivity index (χ4v) is 2.25. The molecule has 0 spiro atoms. The Bertz CT molecular complexity index is 756. The van der Waals surface area contributed by atoms with Gasteiger partial charge in [0.15, 0.2) is 5.65 Å². The van der Waals surface area contributed by atoms with E-state index in [1.54, 1.807) is 10.9 Å². The van der Waals surface area contributed by atoms with E-state index in [2.05, 4.69) is 44.8 Å². The summed E-state index contributed by atoms with van der Waals surface area (Å²) in [6.45, 7) is 3.68. The number of nitrogens with one attached hydrogen (secondary N) is 2. The molecule has 0 unspecified atom stereocenters. The number of hydrogen-bond acceptors (Lipinski definition) is 5. The SMILES string of the molecule is CCCNc1nc(NCc2ccccc2)c2cnn(C)c2n1.Cl. The zero-order valence-corrected chi connectivity index (χ0v) is 14.1. The van der Waals surface area contributed by atoms with E-state index in [1.165, 1.54) is 5.56 Å². The van der Waals surface area contributed by atoms with Gasteiger partial charge in [-0.25, -0.2) is 0 Å². The van der Waals surface area contributed by atoms with Crippen molar-refractivity contribution in [2.45, 2.75) is 19.9 Å². The molecule has 0 atom stereocenters. The minimum atomic E-state index is 0. The second-order valence-electron chi connectivity index (χ2n) is 5.17. The molecule has 0 radical (unpaired) electrons. The van der Waals surface area contributed by atoms with Gasteiger partial charge in [0.05, 0.1) is 11.6 Å². The molecule has 2 aromatic heterocycles. The van der Waals surface area contributed by atoms with E-state index >= 15 is 0 Å². The molecule has 0 bridgehead atoms. The molecule has 0 saturated carbocycles. The molecule has 0 saturated heterocycles. The van der Waals surface area contributed by atoms with Crippen LogP contribution in [0.15, 0.2) is 36.5 Å². The highest BCUT2D eigenvalue weighted by atomic mass is 35.5. The van der Waals surface area contributed by atoms with Gasteiger partial charge in [-0.2, -0.15) is 15.1 Å². The summed E-state index contributed by atoms with van der Waals surface area (Å²) in [7, 11) is 1.89. The lowest BCUT2D eigenvalue weighted by Gasteiger charge is -2.10. The number of fused-ring (bicyclic) bond motifs is 1. The van der Waals surface area contributed by atoms with Crippen LogP contribution in [0.4, 0.5) is 11.8 Å². The first-order chi connectivity index (χ1) is 10.8. The number of benzene rings is 1. The quantitative estimate of drug-likeness (QED) is 0.725. The van der Waals surface area contributed by atoms with Crippen LogP contribution in [0.5, 0.6) is 0 Å². The predicted molar refractivity (Wildman–Crippen MR) is 96.1 cm³/mol. The maximum atomic E-state index is 4.58. The first-order valence-electron chi connectivity index (χ1n) is 7.49. The third kappa shape index (κ3) is 3.90. The van der Waals surface area contributed by atoms with E-state index in [0.29, 0.717) is 5.95 Å². The lowest BCUT2D eigenvalue weighted by Crippen LogP contribution is -2.09. The van der Waals surface area contributed by atoms with Gasteiger partial charge in [0, 0.05) is 20.1 Å². The highest BCUT2D eigenvalue weighted by Crippen LogP contribution is 2.21. The third-order valence-corrected chi connectivity index (χ3v) is 3.43. The Labute approximate surface area is 141 Å². The molecule has 23 heavy (non-hydrogen) atoms. The van der Waals surface area contributed by atoms with Crippen molar-refractivity contribution < 1.29 is 0 Å². The molecule has 1 aromatic carbocycles. The largest absolute Gasteiger partial charge is 0.365 e. The fraction of sp³-hybridized carbons (Fsp3) is 0.312. The summed E-state index contributed by atoms with van der Waals surface area (Å²) in [5, 5.41) is 11.8. The van der Waals surface area contributed by atoms with E-state index in [1.807, 2.05) is 25.2 Å². The van der Waals surface area contributed by atoms with E-state index in [0.717, 1.165) is 36.4 Å². The highest BCUT2D eigenvalue weighted by Gasteiger charge is 2.11. The molecular formula is C16H21ClN6. The number of hydrogen-bond donors (Lipinski definition) is 2. The zero-order chi connectivity index (χ0) is 15.4. The lowest BCUT2D eigenvalue weighted by atomic mass is 10.2. The summed E-state index contributed by atoms with van der Waals surface area (Å²) in [5.74, 6) is 1.44. The second-order valence-corrected chi connectivity index (χ2v) is 5.17. The summed E-state index contributed by atoms with van der Waals surface area (Å²) in [5.41, 5.74) is 2.03. The van der Waals surface area contributed by atoms with Crippen LogP contribution < -0.4 is 10.6 Å². The molecule has 122 valence electrons. The minimum absolute atomic E-state index is 0. The van der Waals surface area contributed by atoms with Crippen LogP contribution in [0, 0.1) is 0 Å². The lowest BCUT2D eigenvalue weighted by molar-refractivity contribution is 0.785. The fourth-order valence-electron chi connectivity index (χ4n) is 2.25. The average Bonchev–Trinajstić information content (AvgIpc) is 2.93. The molecule has 2 N–H and O–H groups in total. The monoisotopic (exact) mass is 332 g/mol. The summed E-state index contributed by atoms with van der Waals surface area (Å²) >= 11 is 0. The van der Waals surface area contributed by atoms with Gasteiger partial charge in [-0.15, -0.1) is 12.4 Å². The van der Waals surface area contributed by atoms with Crippen molar-refractivity contribution in [1.29, 1.82) is 0 Å². The second kappa shape index (κ2) is 7.78. The van der Waals surface area contributed by atoms with Gasteiger partial charge in [0.25, 0.3) is 0 Å². The van der Waals surface area contributed by atoms with Gasteiger partial charge in [0.1, 0.15) is 5.82 Å². The average molecular weight is 333 g/mol. The first kappa shape index (κ1) is 17.0. The molecular weight excluding hydrogens is 312 g/mol. The number of nitrogens with zero attached hydrogens (tertiary/aromatic N) is 4. The normalized spacial score (nSPS) is 10.3. The van der Waals surface area contributed by atoms with Gasteiger partial charge < -0.3 is 10.6 Å². The number of halogens is 1. The number of aryl methyl sites for hydroxylation is 1. The summed E-state index contributed by atoms with van der Waals surface area (Å²) in [6.07, 6.45) is 2.83. The Morgan fingerprint density at radius 3 is 2.61 bits per heavy atom. The Kier molecular flexibility index (Phi) is 5.76. The number of anilines is 2. The maximum absolute atomic E-state index is 4.58. The van der Waals surface area contributed by atoms with Crippen LogP contribution >= 0.6 is 12.4 Å². The maximum Gasteiger partial charge on any atom is 0.226 e. The summed E-state index contributed by atoms with van der Waals surface area (Å²) < 4.78 is 1.77. The van der Waals surface area contributed by atoms with Crippen LogP contribution in [0.25, 0.3) is 11.0 Å². The van der Waals surface area contributed by atoms with Crippen LogP contribution in [0.1, 0.15) is 18.9 Å². The smallest absolute Gasteiger partial charge is 0.226 e. The van der Waals surface area contributed by atoms with Gasteiger partial charge in [-0.05, 0) is 12.0 Å². The van der Waals surface area contributed by atoms with Crippen LogP contribution in [-0.2, 0) is 13.6 Å². The van der Waals surface area contributed by atoms with Gasteiger partial charge >= 0.3 is 0 Å². The van der Waals surface area contributed by atoms with E-state index in [-0.39, 0.29) is 12.4 Å². The molecule has 0 aliphatic carbocycles. The van der Waals surface area contributed by atoms with Crippen molar-refractivity contribution in [2.24, 2.45) is 7.05 Å². The molecule has 0 aliphatic heterocycles. The van der Waals surface area contributed by atoms with Crippen molar-refractivity contribution >= 4 is 35.2 Å². The minimum Gasteiger partial charge on any atom is -0.365 e. The molecule has 0 aliphatic rings. The Hall–Kier alpha value is -2.34. The van der Waals surface area contributed by atoms with Crippen molar-refractivity contribution in [3.63, 3.8) is 0 Å². The van der Waals surface area contributed by atoms with Crippen LogP contribution in [0.3, 0.4) is 0 Å². The van der Waals surface area contributed by atoms with Crippen molar-refractivity contribution in [3.8, 4) is 0 Å². The summed E-state index contributed by atoms with van der Waals surface area (Å²) in [6, 6.07) is 10.3. The first-order valence-corrected chi connectivity index (χ1v) is 7.49. The molecule has 0 fully saturated rings. The Morgan fingerprint density at radius 1 is 1.09 bits per heavy atom. The van der Waals surface area contributed by atoms with Crippen molar-refractivity contribution in [2.75, 3.05) is 17.2 Å². The van der Waals surface area contributed by atoms with Crippen molar-refractivity contribution in [1.82, 2.24) is 19.7 Å². The molecule has 2 heterocycles. The van der Waals surface area contributed by atoms with Crippen molar-refractivity contribution in [3.05, 3.63) is 42.1 Å². The van der Waals surface area contributed by atoms with E-state index < -0.39 is 0 Å². The number of aromatic nitrogens is 4. The van der Waals surface area contributed by atoms with Gasteiger partial charge in [-0.3, -0.25) is 4.68 Å². The molecule has 0 amide bonds. The molecule has 3 rings (SSSR count). The Morgan fingerprint density at radius 2 is 1.87 bits per heavy atom. The number of rotatable bonds is 6. The van der Waals surface area contributed by atoms with Gasteiger partial charge in [0.2, 0.25) is 5.95 Å². The topological polar surface area (TPSA) is 67.7 Å². The predicted octanol–water partition coefficient (Wildman–Crippen LogP) is 3.22. The third-order valence-electron chi connectivity index (χ3n) is 3.43. The van der Waals surface area contributed by atoms with Gasteiger partial charge in [-0.1, -0.05) is 37.3 Å². The Balaban J connectivity index is 0.00000192. The standard InChI is InChI=1S/C16H20N6.ClH/c1-3-9-17-16-20-14(13-11-19-22(2)15(13)21-16)18-10-12-7-5-4-6-8-12;/h4-8,11H,3,9-10H2,1-2H3,(H2,17,18,20,21);1H. The zero-order valence-electron chi connectivity index (χ0n) is 13.3. The van der Waals surface area contributed by atoms with E-state index in [4.69, 9.17) is 0 Å². The highest BCUT2D eigenvalue weighted by molar-refractivity contribution is 5.87. The molecule has 6 nitrogen and oxygen atoms in total. The van der Waals surface area contributed by atoms with Crippen LogP contribution in [0.2, 0.25) is 0 Å². The van der Waals surface area contributed by atoms with E-state index in [9.17, 15) is 0 Å². The molecule has 7 heteroatoms. The molecule has 3 aromatic rings. The van der Waals surface area contributed by atoms with Crippen LogP contribution in [-0.4, -0.2) is 26.3 Å². The summed E-state index contributed by atoms with van der Waals surface area (Å²) in [4.78, 5) is 9.11.